The molecule has 0 aromatic heterocycles. The Hall–Kier alpha value is -2.40. The minimum Gasteiger partial charge on any atom is -0.486 e. The van der Waals surface area contributed by atoms with Crippen LogP contribution in [0, 0.1) is 10.1 Å². The summed E-state index contributed by atoms with van der Waals surface area (Å²) < 4.78 is 6.32. The molecule has 2 aromatic carbocycles. The summed E-state index contributed by atoms with van der Waals surface area (Å²) in [6.07, 6.45) is 5.47. The van der Waals surface area contributed by atoms with Crippen LogP contribution < -0.4 is 4.74 Å². The molecule has 0 fully saturated rings. The Morgan fingerprint density at radius 2 is 1.77 bits per heavy atom. The summed E-state index contributed by atoms with van der Waals surface area (Å²) in [5, 5.41) is 10.9. The van der Waals surface area contributed by atoms with Crippen LogP contribution in [0.5, 0.6) is 5.75 Å². The summed E-state index contributed by atoms with van der Waals surface area (Å²) in [7, 11) is 4.07. The SMILES string of the molecule is CN(C)CCC(Oc1ccc2c(c1)CCCC2)c1ccc([N+](=O)[O-])cc1. The van der Waals surface area contributed by atoms with Crippen molar-refractivity contribution in [1.29, 1.82) is 0 Å². The largest absolute Gasteiger partial charge is 0.486 e. The molecule has 0 saturated carbocycles. The smallest absolute Gasteiger partial charge is 0.269 e. The lowest BCUT2D eigenvalue weighted by Crippen LogP contribution is -2.19. The van der Waals surface area contributed by atoms with Crippen LogP contribution in [0.25, 0.3) is 0 Å². The summed E-state index contributed by atoms with van der Waals surface area (Å²) in [4.78, 5) is 12.6. The van der Waals surface area contributed by atoms with Crippen LogP contribution in [0.2, 0.25) is 0 Å². The highest BCUT2D eigenvalue weighted by Crippen LogP contribution is 2.30. The number of nitro benzene ring substituents is 1. The van der Waals surface area contributed by atoms with Crippen molar-refractivity contribution < 1.29 is 9.66 Å². The lowest BCUT2D eigenvalue weighted by molar-refractivity contribution is -0.384. The summed E-state index contributed by atoms with van der Waals surface area (Å²) in [6, 6.07) is 13.1. The minimum absolute atomic E-state index is 0.105. The van der Waals surface area contributed by atoms with Gasteiger partial charge in [-0.25, -0.2) is 0 Å². The number of non-ortho nitro benzene ring substituents is 1. The van der Waals surface area contributed by atoms with Gasteiger partial charge in [0, 0.05) is 25.1 Å². The maximum atomic E-state index is 10.9. The van der Waals surface area contributed by atoms with Crippen LogP contribution in [0.3, 0.4) is 0 Å². The highest BCUT2D eigenvalue weighted by molar-refractivity contribution is 5.38. The van der Waals surface area contributed by atoms with E-state index in [1.165, 1.54) is 24.0 Å². The molecule has 0 radical (unpaired) electrons. The standard InChI is InChI=1S/C21H26N2O3/c1-22(2)14-13-21(17-7-10-19(11-8-17)23(24)25)26-20-12-9-16-5-3-4-6-18(16)15-20/h7-12,15,21H,3-6,13-14H2,1-2H3. The van der Waals surface area contributed by atoms with Gasteiger partial charge in [-0.1, -0.05) is 6.07 Å². The Morgan fingerprint density at radius 1 is 1.08 bits per heavy atom. The normalized spacial score (nSPS) is 14.7. The molecule has 2 aromatic rings. The maximum Gasteiger partial charge on any atom is 0.269 e. The van der Waals surface area contributed by atoms with Crippen molar-refractivity contribution in [1.82, 2.24) is 4.90 Å². The molecule has 0 aliphatic heterocycles. The van der Waals surface area contributed by atoms with Gasteiger partial charge in [-0.2, -0.15) is 0 Å². The molecular formula is C21H26N2O3. The van der Waals surface area contributed by atoms with Gasteiger partial charge in [0.2, 0.25) is 0 Å². The molecule has 1 atom stereocenters. The molecule has 26 heavy (non-hydrogen) atoms. The van der Waals surface area contributed by atoms with E-state index in [2.05, 4.69) is 23.1 Å². The first-order valence-corrected chi connectivity index (χ1v) is 9.20. The Balaban J connectivity index is 1.80. The first-order valence-electron chi connectivity index (χ1n) is 9.20. The molecule has 1 aliphatic carbocycles. The molecule has 1 unspecified atom stereocenters. The van der Waals surface area contributed by atoms with Gasteiger partial charge < -0.3 is 9.64 Å². The molecular weight excluding hydrogens is 328 g/mol. The first-order chi connectivity index (χ1) is 12.5. The summed E-state index contributed by atoms with van der Waals surface area (Å²) in [5.41, 5.74) is 3.90. The third kappa shape index (κ3) is 4.61. The third-order valence-electron chi connectivity index (χ3n) is 4.91. The van der Waals surface area contributed by atoms with E-state index >= 15 is 0 Å². The molecule has 0 bridgehead atoms. The molecule has 138 valence electrons. The fourth-order valence-corrected chi connectivity index (χ4v) is 3.43. The summed E-state index contributed by atoms with van der Waals surface area (Å²) >= 11 is 0. The molecule has 5 nitrogen and oxygen atoms in total. The van der Waals surface area contributed by atoms with Crippen LogP contribution in [0.15, 0.2) is 42.5 Å². The zero-order valence-corrected chi connectivity index (χ0v) is 15.5. The second-order valence-electron chi connectivity index (χ2n) is 7.18. The van der Waals surface area contributed by atoms with Crippen LogP contribution in [0.4, 0.5) is 5.69 Å². The number of rotatable bonds is 7. The van der Waals surface area contributed by atoms with E-state index in [1.807, 2.05) is 14.1 Å². The number of hydrogen-bond donors (Lipinski definition) is 0. The van der Waals surface area contributed by atoms with Crippen LogP contribution >= 0.6 is 0 Å². The number of aryl methyl sites for hydroxylation is 2. The zero-order chi connectivity index (χ0) is 18.5. The van der Waals surface area contributed by atoms with E-state index in [4.69, 9.17) is 4.74 Å². The van der Waals surface area contributed by atoms with Crippen molar-refractivity contribution in [2.75, 3.05) is 20.6 Å². The van der Waals surface area contributed by atoms with Crippen LogP contribution in [-0.2, 0) is 12.8 Å². The van der Waals surface area contributed by atoms with Gasteiger partial charge >= 0.3 is 0 Å². The lowest BCUT2D eigenvalue weighted by atomic mass is 9.92. The fraction of sp³-hybridized carbons (Fsp3) is 0.429. The van der Waals surface area contributed by atoms with Gasteiger partial charge in [0.1, 0.15) is 11.9 Å². The van der Waals surface area contributed by atoms with Gasteiger partial charge in [-0.05, 0) is 80.7 Å². The molecule has 0 N–H and O–H groups in total. The number of benzene rings is 2. The Bertz CT molecular complexity index is 756. The number of ether oxygens (including phenoxy) is 1. The monoisotopic (exact) mass is 354 g/mol. The summed E-state index contributed by atoms with van der Waals surface area (Å²) in [5.74, 6) is 0.882. The number of fused-ring (bicyclic) bond motifs is 1. The molecule has 5 heteroatoms. The Morgan fingerprint density at radius 3 is 2.42 bits per heavy atom. The van der Waals surface area contributed by atoms with Gasteiger partial charge in [0.05, 0.1) is 4.92 Å². The van der Waals surface area contributed by atoms with Crippen LogP contribution in [0.1, 0.15) is 42.1 Å². The molecule has 0 saturated heterocycles. The van der Waals surface area contributed by atoms with Crippen molar-refractivity contribution in [3.8, 4) is 5.75 Å². The van der Waals surface area contributed by atoms with E-state index in [0.717, 1.165) is 37.1 Å². The quantitative estimate of drug-likeness (QED) is 0.541. The molecule has 0 amide bonds. The van der Waals surface area contributed by atoms with Crippen molar-refractivity contribution in [3.05, 3.63) is 69.3 Å². The molecule has 1 aliphatic rings. The highest BCUT2D eigenvalue weighted by atomic mass is 16.6. The topological polar surface area (TPSA) is 55.6 Å². The van der Waals surface area contributed by atoms with E-state index in [9.17, 15) is 10.1 Å². The highest BCUT2D eigenvalue weighted by Gasteiger charge is 2.17. The van der Waals surface area contributed by atoms with Crippen LogP contribution in [-0.4, -0.2) is 30.5 Å². The lowest BCUT2D eigenvalue weighted by Gasteiger charge is -2.23. The second-order valence-corrected chi connectivity index (χ2v) is 7.18. The van der Waals surface area contributed by atoms with Crippen molar-refractivity contribution >= 4 is 5.69 Å². The predicted octanol–water partition coefficient (Wildman–Crippen LogP) is 4.55. The van der Waals surface area contributed by atoms with Crippen molar-refractivity contribution in [2.45, 2.75) is 38.2 Å². The summed E-state index contributed by atoms with van der Waals surface area (Å²) in [6.45, 7) is 0.882. The molecule has 0 heterocycles. The molecule has 0 spiro atoms. The van der Waals surface area contributed by atoms with E-state index < -0.39 is 0 Å². The first kappa shape index (κ1) is 18.4. The third-order valence-corrected chi connectivity index (χ3v) is 4.91. The number of nitrogens with zero attached hydrogens (tertiary/aromatic N) is 2. The van der Waals surface area contributed by atoms with E-state index in [0.29, 0.717) is 0 Å². The van der Waals surface area contributed by atoms with Gasteiger partial charge in [0.15, 0.2) is 0 Å². The number of nitro groups is 1. The Kier molecular flexibility index (Phi) is 5.89. The predicted molar refractivity (Wildman–Crippen MR) is 103 cm³/mol. The van der Waals surface area contributed by atoms with E-state index in [1.54, 1.807) is 24.3 Å². The average molecular weight is 354 g/mol. The average Bonchev–Trinajstić information content (AvgIpc) is 2.65. The second kappa shape index (κ2) is 8.32. The molecule has 3 rings (SSSR count). The van der Waals surface area contributed by atoms with Crippen molar-refractivity contribution in [2.24, 2.45) is 0 Å². The number of hydrogen-bond acceptors (Lipinski definition) is 4. The maximum absolute atomic E-state index is 10.9. The minimum atomic E-state index is -0.372. The van der Waals surface area contributed by atoms with Crippen molar-refractivity contribution in [3.63, 3.8) is 0 Å². The van der Waals surface area contributed by atoms with E-state index in [-0.39, 0.29) is 16.7 Å². The zero-order valence-electron chi connectivity index (χ0n) is 15.5. The Labute approximate surface area is 154 Å². The van der Waals surface area contributed by atoms with Gasteiger partial charge in [0.25, 0.3) is 5.69 Å². The van der Waals surface area contributed by atoms with Gasteiger partial charge in [-0.15, -0.1) is 0 Å². The fourth-order valence-electron chi connectivity index (χ4n) is 3.43. The van der Waals surface area contributed by atoms with Gasteiger partial charge in [-0.3, -0.25) is 10.1 Å².